The summed E-state index contributed by atoms with van der Waals surface area (Å²) in [6.45, 7) is 12.5. The van der Waals surface area contributed by atoms with Gasteiger partial charge in [-0.25, -0.2) is 8.42 Å². The number of fused-ring (bicyclic) bond motifs is 1. The molecule has 1 aromatic carbocycles. The second-order valence-corrected chi connectivity index (χ2v) is 16.3. The summed E-state index contributed by atoms with van der Waals surface area (Å²) in [4.78, 5) is 2.50. The van der Waals surface area contributed by atoms with Crippen LogP contribution in [0.2, 0.25) is 18.1 Å². The average molecular weight is 412 g/mol. The Bertz CT molecular complexity index is 760. The van der Waals surface area contributed by atoms with E-state index in [9.17, 15) is 13.5 Å². The van der Waals surface area contributed by atoms with Crippen LogP contribution in [-0.2, 0) is 14.3 Å². The Hall–Kier alpha value is -0.733. The van der Waals surface area contributed by atoms with Gasteiger partial charge < -0.3 is 9.53 Å². The van der Waals surface area contributed by atoms with Crippen LogP contribution in [0.3, 0.4) is 0 Å². The molecule has 0 unspecified atom stereocenters. The van der Waals surface area contributed by atoms with E-state index in [0.717, 1.165) is 19.5 Å². The minimum Gasteiger partial charge on any atom is -0.412 e. The Kier molecular flexibility index (Phi) is 5.64. The third-order valence-electron chi connectivity index (χ3n) is 6.61. The number of aliphatic hydroxyl groups is 1. The van der Waals surface area contributed by atoms with Crippen molar-refractivity contribution in [3.05, 3.63) is 30.3 Å². The summed E-state index contributed by atoms with van der Waals surface area (Å²) < 4.78 is 33.5. The van der Waals surface area contributed by atoms with Crippen LogP contribution >= 0.6 is 0 Å². The molecule has 2 aliphatic rings. The zero-order valence-corrected chi connectivity index (χ0v) is 18.9. The predicted molar refractivity (Wildman–Crippen MR) is 110 cm³/mol. The molecule has 4 atom stereocenters. The Morgan fingerprint density at radius 1 is 1.11 bits per heavy atom. The molecule has 0 bridgehead atoms. The average Bonchev–Trinajstić information content (AvgIpc) is 2.96. The van der Waals surface area contributed by atoms with E-state index >= 15 is 0 Å². The van der Waals surface area contributed by atoms with Gasteiger partial charge in [-0.3, -0.25) is 4.90 Å². The molecule has 1 aromatic rings. The number of nitrogens with zero attached hydrogens (tertiary/aromatic N) is 1. The fourth-order valence-electron chi connectivity index (χ4n) is 4.06. The molecule has 5 nitrogen and oxygen atoms in total. The molecule has 3 rings (SSSR count). The van der Waals surface area contributed by atoms with Crippen LogP contribution < -0.4 is 0 Å². The summed E-state index contributed by atoms with van der Waals surface area (Å²) >= 11 is 0. The van der Waals surface area contributed by atoms with Crippen molar-refractivity contribution in [1.82, 2.24) is 4.90 Å². The zero-order chi connectivity index (χ0) is 20.0. The molecule has 0 aliphatic carbocycles. The summed E-state index contributed by atoms with van der Waals surface area (Å²) in [5, 5.41) is 9.95. The number of rotatable bonds is 4. The molecule has 1 N–H and O–H groups in total. The van der Waals surface area contributed by atoms with Gasteiger partial charge in [0.25, 0.3) is 0 Å². The lowest BCUT2D eigenvalue weighted by atomic mass is 9.97. The lowest BCUT2D eigenvalue weighted by molar-refractivity contribution is 0.0304. The molecule has 27 heavy (non-hydrogen) atoms. The smallest absolute Gasteiger partial charge is 0.192 e. The van der Waals surface area contributed by atoms with Crippen LogP contribution in [-0.4, -0.2) is 63.3 Å². The third kappa shape index (κ3) is 3.89. The van der Waals surface area contributed by atoms with Crippen LogP contribution in [0.4, 0.5) is 0 Å². The first-order valence-electron chi connectivity index (χ1n) is 9.84. The van der Waals surface area contributed by atoms with Gasteiger partial charge in [0.1, 0.15) is 5.25 Å². The van der Waals surface area contributed by atoms with Gasteiger partial charge >= 0.3 is 0 Å². The maximum atomic E-state index is 13.4. The van der Waals surface area contributed by atoms with Crippen LogP contribution in [0, 0.1) is 0 Å². The van der Waals surface area contributed by atoms with Gasteiger partial charge in [-0.15, -0.1) is 0 Å². The minimum absolute atomic E-state index is 0.0570. The van der Waals surface area contributed by atoms with Crippen molar-refractivity contribution in [2.45, 2.75) is 80.1 Å². The van der Waals surface area contributed by atoms with Crippen molar-refractivity contribution in [2.75, 3.05) is 13.1 Å². The molecule has 0 amide bonds. The van der Waals surface area contributed by atoms with Crippen molar-refractivity contribution in [3.8, 4) is 0 Å². The number of piperidine rings is 1. The van der Waals surface area contributed by atoms with Gasteiger partial charge in [-0.1, -0.05) is 39.0 Å². The molecule has 0 spiro atoms. The van der Waals surface area contributed by atoms with E-state index in [4.69, 9.17) is 4.43 Å². The maximum absolute atomic E-state index is 13.4. The topological polar surface area (TPSA) is 66.8 Å². The van der Waals surface area contributed by atoms with Gasteiger partial charge in [0.05, 0.1) is 23.1 Å². The number of hydrogen-bond acceptors (Lipinski definition) is 5. The highest BCUT2D eigenvalue weighted by Gasteiger charge is 2.53. The van der Waals surface area contributed by atoms with Crippen molar-refractivity contribution in [3.63, 3.8) is 0 Å². The number of aliphatic hydroxyl groups excluding tert-OH is 1. The molecular formula is C20H33NO4SSi. The Morgan fingerprint density at radius 3 is 2.30 bits per heavy atom. The lowest BCUT2D eigenvalue weighted by Crippen LogP contribution is -2.60. The summed E-state index contributed by atoms with van der Waals surface area (Å²) in [5.41, 5.74) is 0. The van der Waals surface area contributed by atoms with Gasteiger partial charge in [0.2, 0.25) is 0 Å². The number of hydrogen-bond donors (Lipinski definition) is 1. The SMILES string of the molecule is CC(C)(C)[Si](C)(C)O[C@H]1CCN2CC[C@H](O)[C@H](S(=O)(=O)c3ccccc3)[C@@H]12. The largest absolute Gasteiger partial charge is 0.412 e. The molecule has 2 aliphatic heterocycles. The fraction of sp³-hybridized carbons (Fsp3) is 0.700. The highest BCUT2D eigenvalue weighted by Crippen LogP contribution is 2.42. The van der Waals surface area contributed by atoms with E-state index in [0.29, 0.717) is 6.42 Å². The first-order valence-corrected chi connectivity index (χ1v) is 14.3. The first kappa shape index (κ1) is 21.0. The molecule has 2 saturated heterocycles. The lowest BCUT2D eigenvalue weighted by Gasteiger charge is -2.45. The maximum Gasteiger partial charge on any atom is 0.192 e. The zero-order valence-electron chi connectivity index (χ0n) is 17.1. The molecule has 0 saturated carbocycles. The van der Waals surface area contributed by atoms with Crippen LogP contribution in [0.25, 0.3) is 0 Å². The Morgan fingerprint density at radius 2 is 1.70 bits per heavy atom. The van der Waals surface area contributed by atoms with E-state index < -0.39 is 29.5 Å². The molecular weight excluding hydrogens is 378 g/mol. The van der Waals surface area contributed by atoms with Crippen molar-refractivity contribution >= 4 is 18.2 Å². The molecule has 152 valence electrons. The molecule has 0 radical (unpaired) electrons. The first-order chi connectivity index (χ1) is 12.4. The van der Waals surface area contributed by atoms with Crippen molar-refractivity contribution in [1.29, 1.82) is 0 Å². The summed E-state index contributed by atoms with van der Waals surface area (Å²) in [5.74, 6) is 0. The second-order valence-electron chi connectivity index (χ2n) is 9.41. The molecule has 0 aromatic heterocycles. The minimum atomic E-state index is -3.65. The van der Waals surface area contributed by atoms with Crippen molar-refractivity contribution < 1.29 is 18.0 Å². The molecule has 2 heterocycles. The van der Waals surface area contributed by atoms with Gasteiger partial charge in [-0.2, -0.15) is 0 Å². The van der Waals surface area contributed by atoms with Gasteiger partial charge in [0.15, 0.2) is 18.2 Å². The Balaban J connectivity index is 1.96. The molecule has 7 heteroatoms. The van der Waals surface area contributed by atoms with E-state index in [1.807, 2.05) is 6.07 Å². The predicted octanol–water partition coefficient (Wildman–Crippen LogP) is 3.06. The Labute approximate surface area is 164 Å². The summed E-state index contributed by atoms with van der Waals surface area (Å²) in [6, 6.07) is 8.24. The third-order valence-corrected chi connectivity index (χ3v) is 13.4. The standard InChI is InChI=1S/C20H33NO4SSi/c1-20(2,3)27(4,5)25-17-12-14-21-13-11-16(22)19(18(17)21)26(23,24)15-9-7-6-8-10-15/h6-10,16-19,22H,11-14H2,1-5H3/t16-,17-,18+,19-/m0/s1. The second kappa shape index (κ2) is 7.26. The normalized spacial score (nSPS) is 30.3. The van der Waals surface area contributed by atoms with E-state index in [-0.39, 0.29) is 22.1 Å². The fourth-order valence-corrected chi connectivity index (χ4v) is 7.54. The molecule has 2 fully saturated rings. The van der Waals surface area contributed by atoms with E-state index in [1.54, 1.807) is 24.3 Å². The monoisotopic (exact) mass is 411 g/mol. The highest BCUT2D eigenvalue weighted by atomic mass is 32.2. The van der Waals surface area contributed by atoms with Crippen LogP contribution in [0.5, 0.6) is 0 Å². The van der Waals surface area contributed by atoms with E-state index in [1.165, 1.54) is 0 Å². The van der Waals surface area contributed by atoms with Crippen LogP contribution in [0.1, 0.15) is 33.6 Å². The van der Waals surface area contributed by atoms with Gasteiger partial charge in [0, 0.05) is 13.1 Å². The summed E-state index contributed by atoms with van der Waals surface area (Å²) in [6.07, 6.45) is 0.300. The van der Waals surface area contributed by atoms with E-state index in [2.05, 4.69) is 38.8 Å². The number of benzene rings is 1. The van der Waals surface area contributed by atoms with Crippen molar-refractivity contribution in [2.24, 2.45) is 0 Å². The quantitative estimate of drug-likeness (QED) is 0.772. The van der Waals surface area contributed by atoms with Gasteiger partial charge in [-0.05, 0) is 43.1 Å². The highest BCUT2D eigenvalue weighted by molar-refractivity contribution is 7.92. The summed E-state index contributed by atoms with van der Waals surface area (Å²) in [7, 11) is -5.69. The number of sulfone groups is 1. The van der Waals surface area contributed by atoms with Crippen LogP contribution in [0.15, 0.2) is 35.2 Å².